The van der Waals surface area contributed by atoms with E-state index in [4.69, 9.17) is 19.9 Å². The van der Waals surface area contributed by atoms with Crippen LogP contribution in [0.25, 0.3) is 0 Å². The Labute approximate surface area is 179 Å². The van der Waals surface area contributed by atoms with E-state index in [0.29, 0.717) is 18.8 Å². The fourth-order valence-corrected chi connectivity index (χ4v) is 4.23. The molecule has 8 heteroatoms. The SMILES string of the molecule is CCOC(=O)C1=C(N)Oc2cc(C)n(CC3CCCO3)c(=O)c2C1c1ccccc1F. The molecule has 0 radical (unpaired) electrons. The Balaban J connectivity index is 1.92. The first kappa shape index (κ1) is 21.1. The number of carbonyl (C=O) groups is 1. The van der Waals surface area contributed by atoms with Crippen LogP contribution < -0.4 is 16.0 Å². The van der Waals surface area contributed by atoms with Crippen LogP contribution in [-0.2, 0) is 20.8 Å². The molecule has 1 aromatic heterocycles. The number of hydrogen-bond donors (Lipinski definition) is 1. The van der Waals surface area contributed by atoms with E-state index in [0.717, 1.165) is 12.8 Å². The lowest BCUT2D eigenvalue weighted by Gasteiger charge is -2.29. The van der Waals surface area contributed by atoms with Gasteiger partial charge < -0.3 is 24.5 Å². The Bertz CT molecular complexity index is 1100. The molecule has 164 valence electrons. The molecule has 2 unspecified atom stereocenters. The summed E-state index contributed by atoms with van der Waals surface area (Å²) < 4.78 is 33.0. The van der Waals surface area contributed by atoms with Crippen LogP contribution >= 0.6 is 0 Å². The quantitative estimate of drug-likeness (QED) is 0.737. The van der Waals surface area contributed by atoms with Gasteiger partial charge in [-0.3, -0.25) is 4.79 Å². The van der Waals surface area contributed by atoms with Gasteiger partial charge in [-0.2, -0.15) is 0 Å². The van der Waals surface area contributed by atoms with E-state index in [1.54, 1.807) is 36.6 Å². The minimum atomic E-state index is -1.05. The summed E-state index contributed by atoms with van der Waals surface area (Å²) in [4.78, 5) is 26.4. The van der Waals surface area contributed by atoms with Crippen LogP contribution in [0.5, 0.6) is 5.75 Å². The zero-order chi connectivity index (χ0) is 22.1. The maximum atomic E-state index is 14.9. The number of aromatic nitrogens is 1. The molecule has 0 spiro atoms. The predicted molar refractivity (Wildman–Crippen MR) is 111 cm³/mol. The highest BCUT2D eigenvalue weighted by Crippen LogP contribution is 2.42. The molecular formula is C23H25FN2O5. The van der Waals surface area contributed by atoms with Crippen LogP contribution in [0.1, 0.15) is 42.5 Å². The molecule has 4 rings (SSSR count). The van der Waals surface area contributed by atoms with Crippen molar-refractivity contribution in [2.24, 2.45) is 5.73 Å². The first-order chi connectivity index (χ1) is 14.9. The predicted octanol–water partition coefficient (Wildman–Crippen LogP) is 2.73. The van der Waals surface area contributed by atoms with Crippen molar-refractivity contribution in [3.8, 4) is 5.75 Å². The molecule has 3 heterocycles. The largest absolute Gasteiger partial charge is 0.462 e. The van der Waals surface area contributed by atoms with Crippen LogP contribution in [0.15, 0.2) is 46.6 Å². The number of rotatable bonds is 5. The van der Waals surface area contributed by atoms with Gasteiger partial charge in [0, 0.05) is 23.9 Å². The number of carbonyl (C=O) groups excluding carboxylic acids is 1. The molecular weight excluding hydrogens is 403 g/mol. The van der Waals surface area contributed by atoms with Crippen molar-refractivity contribution in [1.29, 1.82) is 0 Å². The number of hydrogen-bond acceptors (Lipinski definition) is 6. The van der Waals surface area contributed by atoms with Crippen molar-refractivity contribution in [3.05, 3.63) is 74.8 Å². The van der Waals surface area contributed by atoms with E-state index >= 15 is 0 Å². The topological polar surface area (TPSA) is 92.8 Å². The number of pyridine rings is 1. The second kappa shape index (κ2) is 8.55. The molecule has 2 aliphatic heterocycles. The van der Waals surface area contributed by atoms with Gasteiger partial charge in [0.05, 0.1) is 30.7 Å². The monoisotopic (exact) mass is 428 g/mol. The highest BCUT2D eigenvalue weighted by molar-refractivity contribution is 5.92. The Morgan fingerprint density at radius 1 is 1.35 bits per heavy atom. The van der Waals surface area contributed by atoms with Crippen molar-refractivity contribution in [1.82, 2.24) is 4.57 Å². The van der Waals surface area contributed by atoms with Gasteiger partial charge >= 0.3 is 5.97 Å². The normalized spacial score (nSPS) is 20.4. The molecule has 0 bridgehead atoms. The Hall–Kier alpha value is -3.13. The fourth-order valence-electron chi connectivity index (χ4n) is 4.23. The number of benzene rings is 1. The van der Waals surface area contributed by atoms with E-state index in [-0.39, 0.29) is 46.6 Å². The van der Waals surface area contributed by atoms with Crippen molar-refractivity contribution in [2.45, 2.75) is 45.3 Å². The van der Waals surface area contributed by atoms with Gasteiger partial charge in [0.1, 0.15) is 17.1 Å². The lowest BCUT2D eigenvalue weighted by Crippen LogP contribution is -2.37. The molecule has 2 atom stereocenters. The third kappa shape index (κ3) is 3.83. The molecule has 31 heavy (non-hydrogen) atoms. The van der Waals surface area contributed by atoms with E-state index in [1.165, 1.54) is 12.1 Å². The highest BCUT2D eigenvalue weighted by atomic mass is 19.1. The summed E-state index contributed by atoms with van der Waals surface area (Å²) in [6.45, 7) is 4.58. The maximum Gasteiger partial charge on any atom is 0.340 e. The van der Waals surface area contributed by atoms with Gasteiger partial charge in [-0.1, -0.05) is 18.2 Å². The number of nitrogens with zero attached hydrogens (tertiary/aromatic N) is 1. The molecule has 0 amide bonds. The van der Waals surface area contributed by atoms with Crippen LogP contribution in [0.4, 0.5) is 4.39 Å². The van der Waals surface area contributed by atoms with Gasteiger partial charge in [-0.25, -0.2) is 9.18 Å². The first-order valence-electron chi connectivity index (χ1n) is 10.4. The average molecular weight is 428 g/mol. The number of ether oxygens (including phenoxy) is 3. The highest BCUT2D eigenvalue weighted by Gasteiger charge is 2.39. The number of fused-ring (bicyclic) bond motifs is 1. The first-order valence-corrected chi connectivity index (χ1v) is 10.4. The van der Waals surface area contributed by atoms with Crippen molar-refractivity contribution >= 4 is 5.97 Å². The third-order valence-corrected chi connectivity index (χ3v) is 5.69. The van der Waals surface area contributed by atoms with E-state index in [2.05, 4.69) is 0 Å². The Morgan fingerprint density at radius 2 is 2.13 bits per heavy atom. The molecule has 1 fully saturated rings. The average Bonchev–Trinajstić information content (AvgIpc) is 3.24. The Kier molecular flexibility index (Phi) is 5.82. The summed E-state index contributed by atoms with van der Waals surface area (Å²) >= 11 is 0. The molecule has 7 nitrogen and oxygen atoms in total. The van der Waals surface area contributed by atoms with Crippen molar-refractivity contribution in [2.75, 3.05) is 13.2 Å². The van der Waals surface area contributed by atoms with E-state index in [9.17, 15) is 14.0 Å². The smallest absolute Gasteiger partial charge is 0.340 e. The van der Waals surface area contributed by atoms with Crippen molar-refractivity contribution in [3.63, 3.8) is 0 Å². The van der Waals surface area contributed by atoms with E-state index in [1.807, 2.05) is 0 Å². The van der Waals surface area contributed by atoms with Crippen LogP contribution in [-0.4, -0.2) is 29.9 Å². The fraction of sp³-hybridized carbons (Fsp3) is 0.391. The third-order valence-electron chi connectivity index (χ3n) is 5.69. The van der Waals surface area contributed by atoms with Crippen molar-refractivity contribution < 1.29 is 23.4 Å². The van der Waals surface area contributed by atoms with Gasteiger partial charge in [0.2, 0.25) is 5.88 Å². The lowest BCUT2D eigenvalue weighted by molar-refractivity contribution is -0.139. The van der Waals surface area contributed by atoms with E-state index < -0.39 is 17.7 Å². The van der Waals surface area contributed by atoms with Gasteiger partial charge in [0.25, 0.3) is 5.56 Å². The number of aryl methyl sites for hydroxylation is 1. The van der Waals surface area contributed by atoms with Crippen LogP contribution in [0, 0.1) is 12.7 Å². The minimum absolute atomic E-state index is 0.0731. The van der Waals surface area contributed by atoms with Gasteiger partial charge in [0.15, 0.2) is 0 Å². The second-order valence-electron chi connectivity index (χ2n) is 7.67. The number of nitrogens with two attached hydrogens (primary N) is 1. The molecule has 2 aromatic rings. The molecule has 0 saturated carbocycles. The molecule has 2 aliphatic rings. The minimum Gasteiger partial charge on any atom is -0.462 e. The summed E-state index contributed by atoms with van der Waals surface area (Å²) in [5.74, 6) is -2.34. The summed E-state index contributed by atoms with van der Waals surface area (Å²) in [5.41, 5.74) is 6.61. The number of halogens is 1. The van der Waals surface area contributed by atoms with Crippen LogP contribution in [0.2, 0.25) is 0 Å². The number of esters is 1. The standard InChI is InChI=1S/C23H25FN2O5/c1-3-29-23(28)20-18(15-8-4-5-9-16(15)24)19-17(31-21(20)25)11-13(2)26(22(19)27)12-14-7-6-10-30-14/h4-5,8-9,11,14,18H,3,6-7,10,12,25H2,1-2H3. The summed E-state index contributed by atoms with van der Waals surface area (Å²) in [5, 5.41) is 0. The molecule has 1 aromatic carbocycles. The zero-order valence-corrected chi connectivity index (χ0v) is 17.5. The molecule has 0 aliphatic carbocycles. The summed E-state index contributed by atoms with van der Waals surface area (Å²) in [6.07, 6.45) is 1.73. The summed E-state index contributed by atoms with van der Waals surface area (Å²) in [6, 6.07) is 7.69. The lowest BCUT2D eigenvalue weighted by atomic mass is 9.83. The second-order valence-corrected chi connectivity index (χ2v) is 7.67. The van der Waals surface area contributed by atoms with Gasteiger partial charge in [-0.05, 0) is 32.8 Å². The van der Waals surface area contributed by atoms with Gasteiger partial charge in [-0.15, -0.1) is 0 Å². The molecule has 1 saturated heterocycles. The zero-order valence-electron chi connectivity index (χ0n) is 17.5. The molecule has 2 N–H and O–H groups in total. The Morgan fingerprint density at radius 3 is 2.81 bits per heavy atom. The maximum absolute atomic E-state index is 14.9. The summed E-state index contributed by atoms with van der Waals surface area (Å²) in [7, 11) is 0. The van der Waals surface area contributed by atoms with Crippen LogP contribution in [0.3, 0.4) is 0 Å².